The van der Waals surface area contributed by atoms with Gasteiger partial charge in [-0.2, -0.15) is 0 Å². The lowest BCUT2D eigenvalue weighted by molar-refractivity contribution is 0.103. The molecule has 0 amide bonds. The SMILES string of the molecule is CC(NCCCOCc1ccco1)c1ccc(F)cc1F. The standard InChI is InChI=1S/C16H19F2NO2/c1-12(15-6-5-13(17)10-16(15)18)19-7-3-8-20-11-14-4-2-9-21-14/h2,4-6,9-10,12,19H,3,7-8,11H2,1H3. The number of hydrogen-bond acceptors (Lipinski definition) is 3. The lowest BCUT2D eigenvalue weighted by Gasteiger charge is -2.15. The summed E-state index contributed by atoms with van der Waals surface area (Å²) in [6.45, 7) is 3.58. The first-order valence-corrected chi connectivity index (χ1v) is 6.95. The molecule has 0 radical (unpaired) electrons. The van der Waals surface area contributed by atoms with Crippen LogP contribution >= 0.6 is 0 Å². The second kappa shape index (κ2) is 7.90. The topological polar surface area (TPSA) is 34.4 Å². The number of hydrogen-bond donors (Lipinski definition) is 1. The average molecular weight is 295 g/mol. The number of rotatable bonds is 8. The molecule has 0 bridgehead atoms. The summed E-state index contributed by atoms with van der Waals surface area (Å²) in [4.78, 5) is 0. The molecular formula is C16H19F2NO2. The molecule has 1 aromatic heterocycles. The van der Waals surface area contributed by atoms with Gasteiger partial charge < -0.3 is 14.5 Å². The van der Waals surface area contributed by atoms with Gasteiger partial charge in [0, 0.05) is 24.3 Å². The minimum Gasteiger partial charge on any atom is -0.467 e. The highest BCUT2D eigenvalue weighted by atomic mass is 19.1. The first-order chi connectivity index (χ1) is 10.2. The van der Waals surface area contributed by atoms with Crippen LogP contribution in [0.4, 0.5) is 8.78 Å². The fourth-order valence-electron chi connectivity index (χ4n) is 2.02. The van der Waals surface area contributed by atoms with E-state index in [4.69, 9.17) is 9.15 Å². The highest BCUT2D eigenvalue weighted by molar-refractivity contribution is 5.21. The number of benzene rings is 1. The summed E-state index contributed by atoms with van der Waals surface area (Å²) in [6.07, 6.45) is 2.41. The maximum atomic E-state index is 13.6. The van der Waals surface area contributed by atoms with Crippen molar-refractivity contribution in [2.45, 2.75) is 26.0 Å². The number of ether oxygens (including phenoxy) is 1. The maximum absolute atomic E-state index is 13.6. The average Bonchev–Trinajstić information content (AvgIpc) is 2.95. The first kappa shape index (κ1) is 15.7. The molecule has 0 spiro atoms. The predicted molar refractivity (Wildman–Crippen MR) is 75.8 cm³/mol. The molecule has 114 valence electrons. The van der Waals surface area contributed by atoms with Gasteiger partial charge in [0.05, 0.1) is 6.26 Å². The Bertz CT molecular complexity index is 543. The number of halogens is 2. The van der Waals surface area contributed by atoms with Crippen LogP contribution in [-0.4, -0.2) is 13.2 Å². The van der Waals surface area contributed by atoms with E-state index in [1.54, 1.807) is 6.26 Å². The quantitative estimate of drug-likeness (QED) is 0.752. The van der Waals surface area contributed by atoms with Crippen LogP contribution in [0.1, 0.15) is 30.7 Å². The highest BCUT2D eigenvalue weighted by Crippen LogP contribution is 2.17. The first-order valence-electron chi connectivity index (χ1n) is 6.95. The largest absolute Gasteiger partial charge is 0.467 e. The Morgan fingerprint density at radius 2 is 2.14 bits per heavy atom. The van der Waals surface area contributed by atoms with Gasteiger partial charge in [0.1, 0.15) is 24.0 Å². The second-order valence-corrected chi connectivity index (χ2v) is 4.83. The zero-order valence-corrected chi connectivity index (χ0v) is 11.9. The molecule has 2 aromatic rings. The fourth-order valence-corrected chi connectivity index (χ4v) is 2.02. The van der Waals surface area contributed by atoms with Gasteiger partial charge >= 0.3 is 0 Å². The van der Waals surface area contributed by atoms with Gasteiger partial charge in [-0.3, -0.25) is 0 Å². The van der Waals surface area contributed by atoms with Crippen molar-refractivity contribution in [1.29, 1.82) is 0 Å². The van der Waals surface area contributed by atoms with E-state index in [9.17, 15) is 8.78 Å². The highest BCUT2D eigenvalue weighted by Gasteiger charge is 2.10. The van der Waals surface area contributed by atoms with Crippen molar-refractivity contribution in [3.05, 3.63) is 59.6 Å². The molecule has 1 heterocycles. The number of nitrogens with one attached hydrogen (secondary N) is 1. The van der Waals surface area contributed by atoms with Gasteiger partial charge in [-0.1, -0.05) is 6.07 Å². The zero-order chi connectivity index (χ0) is 15.1. The monoisotopic (exact) mass is 295 g/mol. The van der Waals surface area contributed by atoms with Crippen molar-refractivity contribution in [3.63, 3.8) is 0 Å². The summed E-state index contributed by atoms with van der Waals surface area (Å²) in [6, 6.07) is 7.14. The molecule has 5 heteroatoms. The van der Waals surface area contributed by atoms with Crippen LogP contribution in [0.3, 0.4) is 0 Å². The van der Waals surface area contributed by atoms with Crippen LogP contribution in [0.25, 0.3) is 0 Å². The molecule has 2 rings (SSSR count). The number of furan rings is 1. The Balaban J connectivity index is 1.63. The predicted octanol–water partition coefficient (Wildman–Crippen LogP) is 3.82. The van der Waals surface area contributed by atoms with E-state index >= 15 is 0 Å². The lowest BCUT2D eigenvalue weighted by atomic mass is 10.1. The molecule has 21 heavy (non-hydrogen) atoms. The van der Waals surface area contributed by atoms with Crippen molar-refractivity contribution >= 4 is 0 Å². The normalized spacial score (nSPS) is 12.5. The Morgan fingerprint density at radius 3 is 2.86 bits per heavy atom. The fraction of sp³-hybridized carbons (Fsp3) is 0.375. The smallest absolute Gasteiger partial charge is 0.130 e. The Hall–Kier alpha value is -1.72. The minimum absolute atomic E-state index is 0.171. The van der Waals surface area contributed by atoms with E-state index in [-0.39, 0.29) is 6.04 Å². The lowest BCUT2D eigenvalue weighted by Crippen LogP contribution is -2.21. The van der Waals surface area contributed by atoms with Gasteiger partial charge in [0.25, 0.3) is 0 Å². The van der Waals surface area contributed by atoms with E-state index < -0.39 is 11.6 Å². The molecule has 3 nitrogen and oxygen atoms in total. The van der Waals surface area contributed by atoms with Gasteiger partial charge in [0.2, 0.25) is 0 Å². The van der Waals surface area contributed by atoms with Crippen molar-refractivity contribution < 1.29 is 17.9 Å². The van der Waals surface area contributed by atoms with E-state index in [2.05, 4.69) is 5.32 Å². The van der Waals surface area contributed by atoms with Crippen LogP contribution in [0.5, 0.6) is 0 Å². The van der Waals surface area contributed by atoms with Crippen LogP contribution in [0, 0.1) is 11.6 Å². The molecule has 0 aliphatic rings. The van der Waals surface area contributed by atoms with Crippen molar-refractivity contribution in [1.82, 2.24) is 5.32 Å². The van der Waals surface area contributed by atoms with Crippen LogP contribution in [-0.2, 0) is 11.3 Å². The van der Waals surface area contributed by atoms with E-state index in [0.717, 1.165) is 18.2 Å². The molecule has 1 atom stereocenters. The maximum Gasteiger partial charge on any atom is 0.130 e. The summed E-state index contributed by atoms with van der Waals surface area (Å²) >= 11 is 0. The van der Waals surface area contributed by atoms with Crippen LogP contribution in [0.15, 0.2) is 41.0 Å². The summed E-state index contributed by atoms with van der Waals surface area (Å²) in [7, 11) is 0. The van der Waals surface area contributed by atoms with E-state index in [0.29, 0.717) is 25.3 Å². The summed E-state index contributed by atoms with van der Waals surface area (Å²) in [5, 5.41) is 3.19. The van der Waals surface area contributed by atoms with Gasteiger partial charge in [-0.15, -0.1) is 0 Å². The molecule has 0 saturated carbocycles. The third-order valence-corrected chi connectivity index (χ3v) is 3.17. The molecule has 0 aliphatic carbocycles. The van der Waals surface area contributed by atoms with Crippen molar-refractivity contribution in [2.24, 2.45) is 0 Å². The molecule has 0 saturated heterocycles. The molecule has 1 N–H and O–H groups in total. The van der Waals surface area contributed by atoms with Gasteiger partial charge in [0.15, 0.2) is 0 Å². The Kier molecular flexibility index (Phi) is 5.90. The Morgan fingerprint density at radius 1 is 1.29 bits per heavy atom. The minimum atomic E-state index is -0.560. The van der Waals surface area contributed by atoms with E-state index in [1.165, 1.54) is 12.1 Å². The van der Waals surface area contributed by atoms with Gasteiger partial charge in [-0.25, -0.2) is 8.78 Å². The van der Waals surface area contributed by atoms with Crippen LogP contribution in [0.2, 0.25) is 0 Å². The molecule has 1 unspecified atom stereocenters. The van der Waals surface area contributed by atoms with E-state index in [1.807, 2.05) is 19.1 Å². The molecule has 1 aromatic carbocycles. The second-order valence-electron chi connectivity index (χ2n) is 4.83. The molecular weight excluding hydrogens is 276 g/mol. The molecule has 0 aliphatic heterocycles. The third-order valence-electron chi connectivity index (χ3n) is 3.17. The van der Waals surface area contributed by atoms with Crippen molar-refractivity contribution in [3.8, 4) is 0 Å². The summed E-state index contributed by atoms with van der Waals surface area (Å²) in [5.74, 6) is -0.288. The van der Waals surface area contributed by atoms with Crippen LogP contribution < -0.4 is 5.32 Å². The zero-order valence-electron chi connectivity index (χ0n) is 11.9. The van der Waals surface area contributed by atoms with Crippen molar-refractivity contribution in [2.75, 3.05) is 13.2 Å². The summed E-state index contributed by atoms with van der Waals surface area (Å²) < 4.78 is 37.0. The summed E-state index contributed by atoms with van der Waals surface area (Å²) in [5.41, 5.74) is 0.466. The third kappa shape index (κ3) is 4.95. The molecule has 0 fully saturated rings. The Labute approximate surface area is 122 Å². The van der Waals surface area contributed by atoms with Gasteiger partial charge in [-0.05, 0) is 38.1 Å².